The number of esters is 2. The van der Waals surface area contributed by atoms with E-state index in [0.717, 1.165) is 12.1 Å². The van der Waals surface area contributed by atoms with Crippen LogP contribution in [0.3, 0.4) is 0 Å². The molecule has 0 atom stereocenters. The fourth-order valence-electron chi connectivity index (χ4n) is 2.47. The predicted octanol–water partition coefficient (Wildman–Crippen LogP) is 4.76. The summed E-state index contributed by atoms with van der Waals surface area (Å²) in [6.45, 7) is 1.63. The van der Waals surface area contributed by atoms with E-state index in [4.69, 9.17) is 25.5 Å². The van der Waals surface area contributed by atoms with Crippen molar-refractivity contribution < 1.29 is 27.9 Å². The van der Waals surface area contributed by atoms with Crippen LogP contribution in [0, 0.1) is 5.82 Å². The van der Waals surface area contributed by atoms with Crippen LogP contribution in [0.1, 0.15) is 33.4 Å². The molecule has 5 nitrogen and oxygen atoms in total. The molecule has 1 aromatic heterocycles. The van der Waals surface area contributed by atoms with E-state index in [-0.39, 0.29) is 29.6 Å². The minimum atomic E-state index is -0.741. The summed E-state index contributed by atoms with van der Waals surface area (Å²) in [7, 11) is 0. The Morgan fingerprint density at radius 2 is 1.88 bits per heavy atom. The fourth-order valence-corrected chi connectivity index (χ4v) is 2.72. The second-order valence-corrected chi connectivity index (χ2v) is 5.73. The Bertz CT molecular complexity index is 979. The monoisotopic (exact) mass is 376 g/mol. The maximum Gasteiger partial charge on any atom is 0.374 e. The highest BCUT2D eigenvalue weighted by Crippen LogP contribution is 2.28. The molecule has 0 bridgehead atoms. The summed E-state index contributed by atoms with van der Waals surface area (Å²) in [5.74, 6) is -1.97. The van der Waals surface area contributed by atoms with Crippen molar-refractivity contribution in [2.75, 3.05) is 6.61 Å². The third-order valence-corrected chi connectivity index (χ3v) is 3.97. The van der Waals surface area contributed by atoms with Crippen LogP contribution in [-0.4, -0.2) is 18.5 Å². The SMILES string of the molecule is CCOC(=O)c1oc2ccccc2c1COC(=O)c1ccc(F)cc1Cl. The van der Waals surface area contributed by atoms with Gasteiger partial charge in [0.15, 0.2) is 0 Å². The number of rotatable bonds is 5. The lowest BCUT2D eigenvalue weighted by molar-refractivity contribution is 0.0435. The van der Waals surface area contributed by atoms with Crippen LogP contribution in [0.25, 0.3) is 11.0 Å². The highest BCUT2D eigenvalue weighted by atomic mass is 35.5. The Kier molecular flexibility index (Phi) is 5.23. The first kappa shape index (κ1) is 17.9. The number of furan rings is 1. The van der Waals surface area contributed by atoms with Crippen LogP contribution in [-0.2, 0) is 16.1 Å². The number of carbonyl (C=O) groups excluding carboxylic acids is 2. The average Bonchev–Trinajstić information content (AvgIpc) is 2.98. The molecule has 0 aliphatic rings. The number of halogens is 2. The molecular formula is C19H14ClFO5. The molecule has 0 aliphatic carbocycles. The topological polar surface area (TPSA) is 65.7 Å². The molecule has 0 fully saturated rings. The van der Waals surface area contributed by atoms with Crippen LogP contribution in [0.5, 0.6) is 0 Å². The zero-order valence-corrected chi connectivity index (χ0v) is 14.5. The molecule has 0 saturated carbocycles. The highest BCUT2D eigenvalue weighted by molar-refractivity contribution is 6.33. The number of ether oxygens (including phenoxy) is 2. The quantitative estimate of drug-likeness (QED) is 0.601. The summed E-state index contributed by atoms with van der Waals surface area (Å²) in [6.07, 6.45) is 0. The second kappa shape index (κ2) is 7.58. The third-order valence-electron chi connectivity index (χ3n) is 3.66. The van der Waals surface area contributed by atoms with Crippen LogP contribution in [0.2, 0.25) is 5.02 Å². The lowest BCUT2D eigenvalue weighted by Crippen LogP contribution is -2.10. The third kappa shape index (κ3) is 3.55. The Morgan fingerprint density at radius 3 is 2.62 bits per heavy atom. The van der Waals surface area contributed by atoms with Gasteiger partial charge in [0.2, 0.25) is 5.76 Å². The number of fused-ring (bicyclic) bond motifs is 1. The molecule has 0 spiro atoms. The van der Waals surface area contributed by atoms with Crippen LogP contribution < -0.4 is 0 Å². The van der Waals surface area contributed by atoms with Gasteiger partial charge in [0.1, 0.15) is 18.0 Å². The Hall–Kier alpha value is -2.86. The molecule has 134 valence electrons. The van der Waals surface area contributed by atoms with Crippen molar-refractivity contribution in [2.24, 2.45) is 0 Å². The summed E-state index contributed by atoms with van der Waals surface area (Å²) in [5.41, 5.74) is 0.894. The summed E-state index contributed by atoms with van der Waals surface area (Å²) in [6, 6.07) is 10.3. The number of para-hydroxylation sites is 1. The highest BCUT2D eigenvalue weighted by Gasteiger charge is 2.23. The van der Waals surface area contributed by atoms with Crippen LogP contribution >= 0.6 is 11.6 Å². The van der Waals surface area contributed by atoms with Gasteiger partial charge in [0.25, 0.3) is 0 Å². The zero-order chi connectivity index (χ0) is 18.7. The van der Waals surface area contributed by atoms with E-state index in [1.54, 1.807) is 31.2 Å². The Morgan fingerprint density at radius 1 is 1.12 bits per heavy atom. The Labute approximate surface area is 153 Å². The van der Waals surface area contributed by atoms with E-state index in [2.05, 4.69) is 0 Å². The fraction of sp³-hybridized carbons (Fsp3) is 0.158. The van der Waals surface area contributed by atoms with Crippen molar-refractivity contribution in [1.82, 2.24) is 0 Å². The van der Waals surface area contributed by atoms with Crippen molar-refractivity contribution >= 4 is 34.5 Å². The number of hydrogen-bond acceptors (Lipinski definition) is 5. The van der Waals surface area contributed by atoms with E-state index in [1.165, 1.54) is 6.07 Å². The first-order valence-corrected chi connectivity index (χ1v) is 8.18. The molecule has 0 aliphatic heterocycles. The number of hydrogen-bond donors (Lipinski definition) is 0. The van der Waals surface area contributed by atoms with Gasteiger partial charge >= 0.3 is 11.9 Å². The predicted molar refractivity (Wildman–Crippen MR) is 92.7 cm³/mol. The van der Waals surface area contributed by atoms with E-state index >= 15 is 0 Å². The average molecular weight is 377 g/mol. The number of carbonyl (C=O) groups is 2. The first-order valence-electron chi connectivity index (χ1n) is 7.81. The lowest BCUT2D eigenvalue weighted by Gasteiger charge is -2.07. The lowest BCUT2D eigenvalue weighted by atomic mass is 10.1. The van der Waals surface area contributed by atoms with Gasteiger partial charge in [0.05, 0.1) is 22.8 Å². The van der Waals surface area contributed by atoms with Gasteiger partial charge in [-0.2, -0.15) is 0 Å². The normalized spacial score (nSPS) is 10.7. The largest absolute Gasteiger partial charge is 0.460 e. The van der Waals surface area contributed by atoms with Crippen molar-refractivity contribution in [3.63, 3.8) is 0 Å². The molecular weight excluding hydrogens is 363 g/mol. The molecule has 0 saturated heterocycles. The minimum absolute atomic E-state index is 0.0222. The van der Waals surface area contributed by atoms with Gasteiger partial charge in [-0.15, -0.1) is 0 Å². The van der Waals surface area contributed by atoms with Gasteiger partial charge in [-0.25, -0.2) is 14.0 Å². The molecule has 2 aromatic carbocycles. The molecule has 0 N–H and O–H groups in total. The smallest absolute Gasteiger partial charge is 0.374 e. The van der Waals surface area contributed by atoms with Crippen molar-refractivity contribution in [2.45, 2.75) is 13.5 Å². The van der Waals surface area contributed by atoms with Gasteiger partial charge in [-0.3, -0.25) is 0 Å². The molecule has 26 heavy (non-hydrogen) atoms. The molecule has 7 heteroatoms. The van der Waals surface area contributed by atoms with Crippen LogP contribution in [0.15, 0.2) is 46.9 Å². The Balaban J connectivity index is 1.89. The van der Waals surface area contributed by atoms with Crippen molar-refractivity contribution in [3.05, 3.63) is 70.2 Å². The van der Waals surface area contributed by atoms with E-state index < -0.39 is 17.8 Å². The van der Waals surface area contributed by atoms with Crippen molar-refractivity contribution in [1.29, 1.82) is 0 Å². The summed E-state index contributed by atoms with van der Waals surface area (Å²) in [5, 5.41) is 0.575. The zero-order valence-electron chi connectivity index (χ0n) is 13.8. The summed E-state index contributed by atoms with van der Waals surface area (Å²) < 4.78 is 28.9. The molecule has 0 radical (unpaired) electrons. The molecule has 0 amide bonds. The van der Waals surface area contributed by atoms with E-state index in [9.17, 15) is 14.0 Å². The first-order chi connectivity index (χ1) is 12.5. The van der Waals surface area contributed by atoms with E-state index in [1.807, 2.05) is 0 Å². The van der Waals surface area contributed by atoms with Crippen LogP contribution in [0.4, 0.5) is 4.39 Å². The molecule has 3 rings (SSSR count). The minimum Gasteiger partial charge on any atom is -0.460 e. The maximum atomic E-state index is 13.1. The molecule has 0 unspecified atom stereocenters. The van der Waals surface area contributed by atoms with E-state index in [0.29, 0.717) is 16.5 Å². The van der Waals surface area contributed by atoms with Gasteiger partial charge in [0, 0.05) is 5.39 Å². The van der Waals surface area contributed by atoms with Gasteiger partial charge < -0.3 is 13.9 Å². The van der Waals surface area contributed by atoms with Crippen molar-refractivity contribution in [3.8, 4) is 0 Å². The second-order valence-electron chi connectivity index (χ2n) is 5.33. The maximum absolute atomic E-state index is 13.1. The standard InChI is InChI=1S/C19H14ClFO5/c1-2-24-19(23)17-14(12-5-3-4-6-16(12)26-17)10-25-18(22)13-8-7-11(21)9-15(13)20/h3-9H,2,10H2,1H3. The van der Waals surface area contributed by atoms with Gasteiger partial charge in [-0.05, 0) is 31.2 Å². The summed E-state index contributed by atoms with van der Waals surface area (Å²) in [4.78, 5) is 24.4. The molecule has 1 heterocycles. The number of benzene rings is 2. The molecule has 3 aromatic rings. The van der Waals surface area contributed by atoms with Gasteiger partial charge in [-0.1, -0.05) is 29.8 Å². The summed E-state index contributed by atoms with van der Waals surface area (Å²) >= 11 is 5.87.